The molecule has 0 fully saturated rings. The number of nitrogens with zero attached hydrogens (tertiary/aromatic N) is 2. The second-order valence-corrected chi connectivity index (χ2v) is 1.96. The third-order valence-electron chi connectivity index (χ3n) is 1.34. The van der Waals surface area contributed by atoms with Crippen molar-refractivity contribution in [3.63, 3.8) is 0 Å². The maximum atomic E-state index is 10.6. The Morgan fingerprint density at radius 2 is 2.00 bits per heavy atom. The average Bonchev–Trinajstić information content (AvgIpc) is 2.12. The molecule has 0 atom stereocenters. The van der Waals surface area contributed by atoms with Crippen molar-refractivity contribution in [2.75, 3.05) is 0 Å². The summed E-state index contributed by atoms with van der Waals surface area (Å²) in [6.45, 7) is 0. The van der Waals surface area contributed by atoms with Crippen molar-refractivity contribution in [1.29, 1.82) is 5.26 Å². The van der Waals surface area contributed by atoms with Crippen LogP contribution in [0.1, 0.15) is 5.56 Å². The molecule has 5 heteroatoms. The average molecular weight is 160 g/mol. The Kier molecular flexibility index (Phi) is 1.62. The van der Waals surface area contributed by atoms with Crippen molar-refractivity contribution >= 4 is 11.4 Å². The summed E-state index contributed by atoms with van der Waals surface area (Å²) in [6.07, 6.45) is 0. The Bertz CT molecular complexity index is 493. The van der Waals surface area contributed by atoms with Crippen molar-refractivity contribution in [2.45, 2.75) is 0 Å². The minimum Gasteiger partial charge on any atom is -0.869 e. The summed E-state index contributed by atoms with van der Waals surface area (Å²) in [6, 6.07) is 1.36. The molecule has 0 bridgehead atoms. The van der Waals surface area contributed by atoms with E-state index in [0.717, 1.165) is 0 Å². The highest BCUT2D eigenvalue weighted by Crippen LogP contribution is 2.12. The van der Waals surface area contributed by atoms with E-state index in [4.69, 9.17) is 10.7 Å². The van der Waals surface area contributed by atoms with E-state index in [1.807, 2.05) is 0 Å². The first-order chi connectivity index (χ1) is 5.63. The van der Waals surface area contributed by atoms with Crippen LogP contribution in [0, 0.1) is 11.3 Å². The van der Waals surface area contributed by atoms with Crippen molar-refractivity contribution in [1.82, 2.24) is 0 Å². The van der Waals surface area contributed by atoms with Crippen LogP contribution in [0.25, 0.3) is 11.0 Å². The van der Waals surface area contributed by atoms with Crippen molar-refractivity contribution in [2.24, 2.45) is 0 Å². The standard InChI is InChI=1S/C7HN2O3/c8-1-3(2-9)4-5(10)7(12)6(4)11/h10H/q-1/p-1. The second kappa shape index (κ2) is 2.46. The van der Waals surface area contributed by atoms with Crippen LogP contribution in [-0.4, -0.2) is 5.87 Å². The Hall–Kier alpha value is -2.18. The molecule has 12 heavy (non-hydrogen) atoms. The predicted molar refractivity (Wildman–Crippen MR) is 38.2 cm³/mol. The molecule has 0 N–H and O–H groups in total. The molecule has 1 aromatic carbocycles. The van der Waals surface area contributed by atoms with Gasteiger partial charge in [-0.3, -0.25) is 9.59 Å². The van der Waals surface area contributed by atoms with Gasteiger partial charge in [0.05, 0.1) is 5.57 Å². The summed E-state index contributed by atoms with van der Waals surface area (Å²) >= 11 is 0. The fourth-order valence-electron chi connectivity index (χ4n) is 0.735. The van der Waals surface area contributed by atoms with Gasteiger partial charge in [-0.15, -0.1) is 0 Å². The van der Waals surface area contributed by atoms with Gasteiger partial charge in [-0.05, 0) is 5.75 Å². The molecular formula is C7N2O3-2. The van der Waals surface area contributed by atoms with Gasteiger partial charge in [0.1, 0.15) is 6.07 Å². The molecule has 1 aromatic rings. The minimum atomic E-state index is -1.16. The molecule has 0 unspecified atom stereocenters. The van der Waals surface area contributed by atoms with Gasteiger partial charge in [-0.1, -0.05) is 0 Å². The lowest BCUT2D eigenvalue weighted by Crippen LogP contribution is -2.38. The van der Waals surface area contributed by atoms with Gasteiger partial charge in [0.15, 0.2) is 0 Å². The van der Waals surface area contributed by atoms with Crippen LogP contribution < -0.4 is 16.0 Å². The Morgan fingerprint density at radius 1 is 1.42 bits per heavy atom. The maximum absolute atomic E-state index is 10.6. The largest absolute Gasteiger partial charge is 0.869 e. The normalized spacial score (nSPS) is 8.92. The van der Waals surface area contributed by atoms with E-state index < -0.39 is 27.7 Å². The van der Waals surface area contributed by atoms with Gasteiger partial charge >= 0.3 is 0 Å². The second-order valence-electron chi connectivity index (χ2n) is 1.96. The van der Waals surface area contributed by atoms with Crippen molar-refractivity contribution in [3.8, 4) is 11.8 Å². The first-order valence-corrected chi connectivity index (χ1v) is 2.81. The van der Waals surface area contributed by atoms with Crippen LogP contribution in [0.2, 0.25) is 0 Å². The van der Waals surface area contributed by atoms with Crippen LogP contribution in [0.3, 0.4) is 0 Å². The first-order valence-electron chi connectivity index (χ1n) is 2.81. The summed E-state index contributed by atoms with van der Waals surface area (Å²) in [5, 5.41) is 27.1. The minimum absolute atomic E-state index is 0.579. The third kappa shape index (κ3) is 0.764. The van der Waals surface area contributed by atoms with Gasteiger partial charge in [0.2, 0.25) is 10.9 Å². The lowest BCUT2D eigenvalue weighted by Gasteiger charge is -2.11. The van der Waals surface area contributed by atoms with Crippen LogP contribution in [0.5, 0.6) is 5.75 Å². The van der Waals surface area contributed by atoms with E-state index in [2.05, 4.69) is 0 Å². The Morgan fingerprint density at radius 3 is 2.33 bits per heavy atom. The molecule has 0 saturated heterocycles. The van der Waals surface area contributed by atoms with Gasteiger partial charge in [-0.2, -0.15) is 5.26 Å². The van der Waals surface area contributed by atoms with Gasteiger partial charge < -0.3 is 10.5 Å². The quantitative estimate of drug-likeness (QED) is 0.283. The van der Waals surface area contributed by atoms with E-state index in [-0.39, 0.29) is 0 Å². The van der Waals surface area contributed by atoms with E-state index in [1.54, 1.807) is 0 Å². The zero-order valence-electron chi connectivity index (χ0n) is 5.62. The molecule has 0 aliphatic rings. The number of rotatable bonds is 1. The Balaban J connectivity index is 3.46. The molecule has 0 heterocycles. The zero-order chi connectivity index (χ0) is 9.30. The molecule has 0 aliphatic heterocycles. The van der Waals surface area contributed by atoms with E-state index in [0.29, 0.717) is 0 Å². The molecular weight excluding hydrogens is 160 g/mol. The maximum Gasteiger partial charge on any atom is 0.233 e. The fourth-order valence-corrected chi connectivity index (χ4v) is 0.735. The SMILES string of the molecule is N#CC(=C=[N-])c1c([O-])c(=O)c1=O. The first kappa shape index (κ1) is 7.92. The van der Waals surface area contributed by atoms with Gasteiger partial charge in [0.25, 0.3) is 0 Å². The summed E-state index contributed by atoms with van der Waals surface area (Å²) in [7, 11) is 0. The predicted octanol–water partition coefficient (Wildman–Crippen LogP) is -1.50. The van der Waals surface area contributed by atoms with E-state index >= 15 is 0 Å². The number of allylic oxidation sites excluding steroid dienone is 1. The molecule has 0 aliphatic carbocycles. The van der Waals surface area contributed by atoms with Crippen LogP contribution in [0.15, 0.2) is 9.59 Å². The van der Waals surface area contributed by atoms with E-state index in [9.17, 15) is 14.7 Å². The zero-order valence-corrected chi connectivity index (χ0v) is 5.62. The molecule has 58 valence electrons. The molecule has 0 aromatic heterocycles. The van der Waals surface area contributed by atoms with Crippen LogP contribution >= 0.6 is 0 Å². The molecule has 0 spiro atoms. The monoisotopic (exact) mass is 160 g/mol. The van der Waals surface area contributed by atoms with E-state index in [1.165, 1.54) is 11.9 Å². The number of nitriles is 1. The summed E-state index contributed by atoms with van der Waals surface area (Å²) < 4.78 is 0. The van der Waals surface area contributed by atoms with Crippen LogP contribution in [-0.2, 0) is 0 Å². The summed E-state index contributed by atoms with van der Waals surface area (Å²) in [4.78, 5) is 21.0. The summed E-state index contributed by atoms with van der Waals surface area (Å²) in [5.74, 6) is 0.316. The highest BCUT2D eigenvalue weighted by atomic mass is 16.3. The molecule has 5 nitrogen and oxygen atoms in total. The van der Waals surface area contributed by atoms with Gasteiger partial charge in [-0.25, -0.2) is 5.87 Å². The number of hydrogen-bond acceptors (Lipinski definition) is 4. The third-order valence-corrected chi connectivity index (χ3v) is 1.34. The Labute approximate surface area is 66.0 Å². The smallest absolute Gasteiger partial charge is 0.233 e. The molecule has 1 rings (SSSR count). The lowest BCUT2D eigenvalue weighted by atomic mass is 10.0. The molecule has 0 saturated carbocycles. The fraction of sp³-hybridized carbons (Fsp3) is 0. The topological polar surface area (TPSA) is 103 Å². The number of hydrogen-bond donors (Lipinski definition) is 0. The van der Waals surface area contributed by atoms with Crippen molar-refractivity contribution in [3.05, 3.63) is 31.4 Å². The van der Waals surface area contributed by atoms with Crippen molar-refractivity contribution < 1.29 is 5.11 Å². The lowest BCUT2D eigenvalue weighted by molar-refractivity contribution is -0.272. The summed E-state index contributed by atoms with van der Waals surface area (Å²) in [5.41, 5.74) is -3.37. The highest BCUT2D eigenvalue weighted by molar-refractivity contribution is 6.00. The molecule has 0 amide bonds. The molecule has 0 radical (unpaired) electrons. The van der Waals surface area contributed by atoms with Crippen LogP contribution in [0.4, 0.5) is 0 Å². The highest BCUT2D eigenvalue weighted by Gasteiger charge is 2.15. The van der Waals surface area contributed by atoms with Gasteiger partial charge in [0, 0.05) is 5.56 Å².